The van der Waals surface area contributed by atoms with Crippen molar-refractivity contribution in [3.05, 3.63) is 34.9 Å². The second-order valence-electron chi connectivity index (χ2n) is 5.82. The third kappa shape index (κ3) is 3.50. The number of nitrogens with zero attached hydrogens (tertiary/aromatic N) is 3. The summed E-state index contributed by atoms with van der Waals surface area (Å²) in [7, 11) is 2.09. The molecule has 0 spiro atoms. The number of nitrogens with one attached hydrogen (secondary N) is 1. The van der Waals surface area contributed by atoms with Gasteiger partial charge in [-0.15, -0.1) is 0 Å². The standard InChI is InChI=1S/C16H23ClN4/c1-20-10-7-18-16(20)19-12-15(21-8-2-3-9-21)13-5-4-6-14(17)11-13/h4-6,11,15H,2-3,7-10,12H2,1H3,(H,18,19). The van der Waals surface area contributed by atoms with Crippen molar-refractivity contribution >= 4 is 17.6 Å². The summed E-state index contributed by atoms with van der Waals surface area (Å²) in [5, 5.41) is 4.33. The van der Waals surface area contributed by atoms with Gasteiger partial charge in [0.05, 0.1) is 12.6 Å². The zero-order valence-corrected chi connectivity index (χ0v) is 13.3. The number of likely N-dealkylation sites (N-methyl/N-ethyl adjacent to an activating group) is 1. The Bertz CT molecular complexity index is 511. The van der Waals surface area contributed by atoms with Crippen molar-refractivity contribution in [2.24, 2.45) is 4.99 Å². The Morgan fingerprint density at radius 1 is 1.29 bits per heavy atom. The first-order chi connectivity index (χ1) is 10.2. The minimum Gasteiger partial charge on any atom is -0.354 e. The number of halogens is 1. The summed E-state index contributed by atoms with van der Waals surface area (Å²) in [5.74, 6) is 1.02. The lowest BCUT2D eigenvalue weighted by Gasteiger charge is -2.29. The quantitative estimate of drug-likeness (QED) is 0.926. The molecule has 114 valence electrons. The second-order valence-corrected chi connectivity index (χ2v) is 6.26. The Morgan fingerprint density at radius 3 is 2.76 bits per heavy atom. The van der Waals surface area contributed by atoms with E-state index in [0.29, 0.717) is 6.04 Å². The van der Waals surface area contributed by atoms with Gasteiger partial charge in [-0.25, -0.2) is 0 Å². The highest BCUT2D eigenvalue weighted by Gasteiger charge is 2.24. The molecular weight excluding hydrogens is 284 g/mol. The van der Waals surface area contributed by atoms with Crippen LogP contribution in [0.4, 0.5) is 0 Å². The summed E-state index contributed by atoms with van der Waals surface area (Å²) >= 11 is 6.18. The van der Waals surface area contributed by atoms with Crippen LogP contribution in [-0.4, -0.2) is 55.5 Å². The Morgan fingerprint density at radius 2 is 2.10 bits per heavy atom. The minimum absolute atomic E-state index is 0.364. The monoisotopic (exact) mass is 306 g/mol. The van der Waals surface area contributed by atoms with Gasteiger partial charge in [0.15, 0.2) is 5.96 Å². The van der Waals surface area contributed by atoms with E-state index >= 15 is 0 Å². The van der Waals surface area contributed by atoms with Gasteiger partial charge in [-0.1, -0.05) is 23.7 Å². The molecule has 1 fully saturated rings. The second kappa shape index (κ2) is 6.67. The average molecular weight is 307 g/mol. The van der Waals surface area contributed by atoms with Gasteiger partial charge in [0.1, 0.15) is 0 Å². The van der Waals surface area contributed by atoms with Crippen molar-refractivity contribution in [3.8, 4) is 0 Å². The highest BCUT2D eigenvalue weighted by atomic mass is 35.5. The third-order valence-electron chi connectivity index (χ3n) is 4.33. The summed E-state index contributed by atoms with van der Waals surface area (Å²) in [6.07, 6.45) is 2.58. The van der Waals surface area contributed by atoms with Crippen molar-refractivity contribution in [2.75, 3.05) is 39.8 Å². The van der Waals surface area contributed by atoms with Crippen LogP contribution in [0.2, 0.25) is 5.02 Å². The molecule has 3 rings (SSSR count). The van der Waals surface area contributed by atoms with Gasteiger partial charge >= 0.3 is 0 Å². The maximum Gasteiger partial charge on any atom is 0.193 e. The molecule has 4 nitrogen and oxygen atoms in total. The van der Waals surface area contributed by atoms with Crippen molar-refractivity contribution in [1.29, 1.82) is 0 Å². The smallest absolute Gasteiger partial charge is 0.193 e. The lowest BCUT2D eigenvalue weighted by molar-refractivity contribution is 0.244. The molecule has 21 heavy (non-hydrogen) atoms. The molecule has 0 bridgehead atoms. The van der Waals surface area contributed by atoms with Crippen LogP contribution in [0.25, 0.3) is 0 Å². The van der Waals surface area contributed by atoms with Crippen LogP contribution in [0, 0.1) is 0 Å². The Balaban J connectivity index is 1.73. The van der Waals surface area contributed by atoms with E-state index < -0.39 is 0 Å². The van der Waals surface area contributed by atoms with Crippen molar-refractivity contribution < 1.29 is 0 Å². The summed E-state index contributed by atoms with van der Waals surface area (Å²) in [6.45, 7) is 5.12. The van der Waals surface area contributed by atoms with Gasteiger partial charge in [0.2, 0.25) is 0 Å². The Labute approximate surface area is 131 Å². The van der Waals surface area contributed by atoms with E-state index in [-0.39, 0.29) is 0 Å². The van der Waals surface area contributed by atoms with E-state index in [2.05, 4.69) is 39.3 Å². The Hall–Kier alpha value is -1.26. The topological polar surface area (TPSA) is 30.9 Å². The average Bonchev–Trinajstić information content (AvgIpc) is 3.12. The number of aliphatic imine (C=N–C) groups is 1. The van der Waals surface area contributed by atoms with E-state index in [4.69, 9.17) is 11.6 Å². The van der Waals surface area contributed by atoms with Crippen molar-refractivity contribution in [3.63, 3.8) is 0 Å². The molecular formula is C16H23ClN4. The zero-order chi connectivity index (χ0) is 14.7. The number of rotatable bonds is 4. The van der Waals surface area contributed by atoms with E-state index in [1.807, 2.05) is 12.1 Å². The van der Waals surface area contributed by atoms with Crippen LogP contribution >= 0.6 is 11.6 Å². The fraction of sp³-hybridized carbons (Fsp3) is 0.562. The van der Waals surface area contributed by atoms with Crippen molar-refractivity contribution in [1.82, 2.24) is 15.1 Å². The largest absolute Gasteiger partial charge is 0.354 e. The highest BCUT2D eigenvalue weighted by Crippen LogP contribution is 2.26. The molecule has 1 aromatic rings. The lowest BCUT2D eigenvalue weighted by atomic mass is 10.1. The van der Waals surface area contributed by atoms with E-state index in [9.17, 15) is 0 Å². The van der Waals surface area contributed by atoms with Crippen LogP contribution in [0.15, 0.2) is 29.3 Å². The maximum atomic E-state index is 6.18. The number of guanidine groups is 1. The van der Waals surface area contributed by atoms with E-state index in [1.165, 1.54) is 31.5 Å². The lowest BCUT2D eigenvalue weighted by Crippen LogP contribution is -2.41. The number of hydrogen-bond acceptors (Lipinski definition) is 4. The molecule has 1 saturated heterocycles. The van der Waals surface area contributed by atoms with Gasteiger partial charge in [-0.3, -0.25) is 9.89 Å². The van der Waals surface area contributed by atoms with Crippen molar-refractivity contribution in [2.45, 2.75) is 18.9 Å². The molecule has 0 saturated carbocycles. The molecule has 2 aliphatic heterocycles. The number of likely N-dealkylation sites (tertiary alicyclic amines) is 1. The normalized spacial score (nSPS) is 20.7. The van der Waals surface area contributed by atoms with Gasteiger partial charge in [0.25, 0.3) is 0 Å². The molecule has 0 aliphatic carbocycles. The number of hydrogen-bond donors (Lipinski definition) is 1. The van der Waals surface area contributed by atoms with E-state index in [1.54, 1.807) is 0 Å². The first-order valence-corrected chi connectivity index (χ1v) is 8.11. The molecule has 1 atom stereocenters. The van der Waals surface area contributed by atoms with E-state index in [0.717, 1.165) is 30.6 Å². The van der Waals surface area contributed by atoms with Gasteiger partial charge in [-0.2, -0.15) is 0 Å². The molecule has 0 amide bonds. The first kappa shape index (κ1) is 14.7. The highest BCUT2D eigenvalue weighted by molar-refractivity contribution is 6.30. The van der Waals surface area contributed by atoms with Crippen LogP contribution in [-0.2, 0) is 0 Å². The fourth-order valence-electron chi connectivity index (χ4n) is 3.14. The maximum absolute atomic E-state index is 6.18. The number of benzene rings is 1. The molecule has 1 N–H and O–H groups in total. The molecule has 0 radical (unpaired) electrons. The fourth-order valence-corrected chi connectivity index (χ4v) is 3.33. The zero-order valence-electron chi connectivity index (χ0n) is 12.6. The van der Waals surface area contributed by atoms with Crippen LogP contribution in [0.5, 0.6) is 0 Å². The minimum atomic E-state index is 0.364. The molecule has 0 aromatic heterocycles. The SMILES string of the molecule is CN1CCN=C1NCC(c1cccc(Cl)c1)N1CCCC1. The third-order valence-corrected chi connectivity index (χ3v) is 4.56. The summed E-state index contributed by atoms with van der Waals surface area (Å²) in [6, 6.07) is 8.61. The molecule has 1 aromatic carbocycles. The molecule has 1 unspecified atom stereocenters. The van der Waals surface area contributed by atoms with Crippen LogP contribution < -0.4 is 5.32 Å². The summed E-state index contributed by atoms with van der Waals surface area (Å²) in [5.41, 5.74) is 1.29. The molecule has 5 heteroatoms. The predicted octanol–water partition coefficient (Wildman–Crippen LogP) is 2.37. The van der Waals surface area contributed by atoms with Crippen LogP contribution in [0.1, 0.15) is 24.4 Å². The van der Waals surface area contributed by atoms with Gasteiger partial charge < -0.3 is 10.2 Å². The van der Waals surface area contributed by atoms with Gasteiger partial charge in [-0.05, 0) is 43.6 Å². The molecule has 2 heterocycles. The first-order valence-electron chi connectivity index (χ1n) is 7.73. The van der Waals surface area contributed by atoms with Crippen LogP contribution in [0.3, 0.4) is 0 Å². The summed E-state index contributed by atoms with van der Waals surface area (Å²) < 4.78 is 0. The predicted molar refractivity (Wildman–Crippen MR) is 87.9 cm³/mol. The Kier molecular flexibility index (Phi) is 4.66. The van der Waals surface area contributed by atoms with Gasteiger partial charge in [0, 0.05) is 25.2 Å². The summed E-state index contributed by atoms with van der Waals surface area (Å²) in [4.78, 5) is 9.24. The molecule has 2 aliphatic rings.